The van der Waals surface area contributed by atoms with Gasteiger partial charge in [0.15, 0.2) is 21.3 Å². The average molecular weight is 432 g/mol. The van der Waals surface area contributed by atoms with Crippen LogP contribution in [0.15, 0.2) is 47.4 Å². The van der Waals surface area contributed by atoms with Crippen LogP contribution in [-0.2, 0) is 21.2 Å². The first-order valence-corrected chi connectivity index (χ1v) is 11.7. The standard InChI is InChI=1S/C22H25NO6S/c1-27-18-6-2-16(3-7-18)15-23(17-4-5-17)22(24)10-13-30(25,26)19-8-9-20-21(14-19)29-12-11-28-20/h2-3,6-9,14,17H,4-5,10-13,15H2,1H3. The molecule has 7 nitrogen and oxygen atoms in total. The lowest BCUT2D eigenvalue weighted by Crippen LogP contribution is -2.33. The maximum Gasteiger partial charge on any atom is 0.224 e. The van der Waals surface area contributed by atoms with Gasteiger partial charge in [0.25, 0.3) is 0 Å². The van der Waals surface area contributed by atoms with E-state index in [0.717, 1.165) is 24.2 Å². The Bertz CT molecular complexity index is 1010. The minimum absolute atomic E-state index is 0.0522. The van der Waals surface area contributed by atoms with Gasteiger partial charge in [0, 0.05) is 25.1 Å². The first kappa shape index (κ1) is 20.5. The summed E-state index contributed by atoms with van der Waals surface area (Å²) >= 11 is 0. The Balaban J connectivity index is 1.41. The molecule has 1 aliphatic heterocycles. The quantitative estimate of drug-likeness (QED) is 0.639. The van der Waals surface area contributed by atoms with Gasteiger partial charge in [-0.1, -0.05) is 12.1 Å². The molecule has 30 heavy (non-hydrogen) atoms. The molecular formula is C22H25NO6S. The number of nitrogens with zero attached hydrogens (tertiary/aromatic N) is 1. The van der Waals surface area contributed by atoms with E-state index in [1.54, 1.807) is 18.1 Å². The Kier molecular flexibility index (Phi) is 5.85. The van der Waals surface area contributed by atoms with Crippen molar-refractivity contribution < 1.29 is 27.4 Å². The smallest absolute Gasteiger partial charge is 0.224 e. The zero-order valence-electron chi connectivity index (χ0n) is 16.9. The lowest BCUT2D eigenvalue weighted by atomic mass is 10.2. The van der Waals surface area contributed by atoms with Crippen molar-refractivity contribution in [3.63, 3.8) is 0 Å². The topological polar surface area (TPSA) is 82.1 Å². The third-order valence-corrected chi connectivity index (χ3v) is 6.99. The van der Waals surface area contributed by atoms with Gasteiger partial charge in [-0.2, -0.15) is 0 Å². The van der Waals surface area contributed by atoms with E-state index in [1.165, 1.54) is 12.1 Å². The van der Waals surface area contributed by atoms with Crippen LogP contribution in [-0.4, -0.2) is 51.3 Å². The third kappa shape index (κ3) is 4.70. The molecule has 1 aliphatic carbocycles. The van der Waals surface area contributed by atoms with E-state index in [4.69, 9.17) is 14.2 Å². The van der Waals surface area contributed by atoms with Gasteiger partial charge in [-0.05, 0) is 42.7 Å². The molecule has 1 fully saturated rings. The van der Waals surface area contributed by atoms with Crippen LogP contribution in [0.1, 0.15) is 24.8 Å². The molecule has 4 rings (SSSR count). The number of benzene rings is 2. The van der Waals surface area contributed by atoms with Gasteiger partial charge in [-0.15, -0.1) is 0 Å². The molecule has 0 radical (unpaired) electrons. The molecule has 0 saturated heterocycles. The number of hydrogen-bond donors (Lipinski definition) is 0. The SMILES string of the molecule is COc1ccc(CN(C(=O)CCS(=O)(=O)c2ccc3c(c2)OCCO3)C2CC2)cc1. The molecule has 0 bridgehead atoms. The lowest BCUT2D eigenvalue weighted by molar-refractivity contribution is -0.132. The van der Waals surface area contributed by atoms with E-state index in [2.05, 4.69) is 0 Å². The summed E-state index contributed by atoms with van der Waals surface area (Å²) in [6.45, 7) is 1.30. The number of carbonyl (C=O) groups excluding carboxylic acids is 1. The van der Waals surface area contributed by atoms with Crippen LogP contribution in [0.4, 0.5) is 0 Å². The van der Waals surface area contributed by atoms with E-state index in [0.29, 0.717) is 31.3 Å². The molecule has 160 valence electrons. The molecule has 2 aliphatic rings. The normalized spacial score (nSPS) is 15.5. The predicted molar refractivity (Wildman–Crippen MR) is 111 cm³/mol. The highest BCUT2D eigenvalue weighted by Crippen LogP contribution is 2.33. The molecule has 0 unspecified atom stereocenters. The zero-order chi connectivity index (χ0) is 21.1. The second-order valence-corrected chi connectivity index (χ2v) is 9.58. The molecular weight excluding hydrogens is 406 g/mol. The van der Waals surface area contributed by atoms with Gasteiger partial charge < -0.3 is 19.1 Å². The van der Waals surface area contributed by atoms with Gasteiger partial charge in [0.2, 0.25) is 5.91 Å². The number of amides is 1. The fourth-order valence-corrected chi connectivity index (χ4v) is 4.68. The highest BCUT2D eigenvalue weighted by molar-refractivity contribution is 7.91. The van der Waals surface area contributed by atoms with E-state index >= 15 is 0 Å². The van der Waals surface area contributed by atoms with Gasteiger partial charge in [-0.3, -0.25) is 4.79 Å². The van der Waals surface area contributed by atoms with Crippen LogP contribution >= 0.6 is 0 Å². The zero-order valence-corrected chi connectivity index (χ0v) is 17.7. The number of hydrogen-bond acceptors (Lipinski definition) is 6. The van der Waals surface area contributed by atoms with Crippen LogP contribution in [0.25, 0.3) is 0 Å². The second kappa shape index (κ2) is 8.55. The van der Waals surface area contributed by atoms with E-state index < -0.39 is 9.84 Å². The number of rotatable bonds is 8. The number of ether oxygens (including phenoxy) is 3. The monoisotopic (exact) mass is 431 g/mol. The van der Waals surface area contributed by atoms with Crippen molar-refractivity contribution in [3.05, 3.63) is 48.0 Å². The number of sulfone groups is 1. The summed E-state index contributed by atoms with van der Waals surface area (Å²) in [6, 6.07) is 12.3. The van der Waals surface area contributed by atoms with Crippen molar-refractivity contribution in [1.29, 1.82) is 0 Å². The van der Waals surface area contributed by atoms with Crippen molar-refractivity contribution in [2.75, 3.05) is 26.1 Å². The van der Waals surface area contributed by atoms with Crippen molar-refractivity contribution in [2.24, 2.45) is 0 Å². The minimum Gasteiger partial charge on any atom is -0.497 e. The largest absolute Gasteiger partial charge is 0.497 e. The van der Waals surface area contributed by atoms with Crippen molar-refractivity contribution >= 4 is 15.7 Å². The molecule has 0 N–H and O–H groups in total. The fraction of sp³-hybridized carbons (Fsp3) is 0.409. The summed E-state index contributed by atoms with van der Waals surface area (Å²) in [6.07, 6.45) is 1.86. The van der Waals surface area contributed by atoms with Gasteiger partial charge in [0.1, 0.15) is 19.0 Å². The highest BCUT2D eigenvalue weighted by Gasteiger charge is 2.33. The number of carbonyl (C=O) groups is 1. The highest BCUT2D eigenvalue weighted by atomic mass is 32.2. The molecule has 0 spiro atoms. The van der Waals surface area contributed by atoms with E-state index in [1.807, 2.05) is 24.3 Å². The van der Waals surface area contributed by atoms with Crippen LogP contribution < -0.4 is 14.2 Å². The van der Waals surface area contributed by atoms with Gasteiger partial charge in [0.05, 0.1) is 17.8 Å². The summed E-state index contributed by atoms with van der Waals surface area (Å²) in [5, 5.41) is 0. The number of methoxy groups -OCH3 is 1. The van der Waals surface area contributed by atoms with Crippen LogP contribution in [0.3, 0.4) is 0 Å². The first-order valence-electron chi connectivity index (χ1n) is 10.0. The Labute approximate surface area is 176 Å². The predicted octanol–water partition coefficient (Wildman–Crippen LogP) is 2.82. The van der Waals surface area contributed by atoms with Crippen LogP contribution in [0, 0.1) is 0 Å². The van der Waals surface area contributed by atoms with Crippen molar-refractivity contribution in [3.8, 4) is 17.2 Å². The first-order chi connectivity index (χ1) is 14.5. The molecule has 0 aromatic heterocycles. The molecule has 1 amide bonds. The van der Waals surface area contributed by atoms with Crippen LogP contribution in [0.2, 0.25) is 0 Å². The summed E-state index contributed by atoms with van der Waals surface area (Å²) in [5.74, 6) is 1.34. The Morgan fingerprint density at radius 1 is 1.07 bits per heavy atom. The van der Waals surface area contributed by atoms with E-state index in [-0.39, 0.29) is 29.0 Å². The molecule has 8 heteroatoms. The summed E-state index contributed by atoms with van der Waals surface area (Å²) < 4.78 is 41.6. The van der Waals surface area contributed by atoms with Crippen molar-refractivity contribution in [2.45, 2.75) is 36.7 Å². The Hall–Kier alpha value is -2.74. The Morgan fingerprint density at radius 3 is 2.43 bits per heavy atom. The molecule has 2 aromatic carbocycles. The Morgan fingerprint density at radius 2 is 1.77 bits per heavy atom. The summed E-state index contributed by atoms with van der Waals surface area (Å²) in [7, 11) is -2.00. The molecule has 2 aromatic rings. The maximum atomic E-state index is 12.9. The van der Waals surface area contributed by atoms with Crippen molar-refractivity contribution in [1.82, 2.24) is 4.90 Å². The summed E-state index contributed by atoms with van der Waals surface area (Å²) in [5.41, 5.74) is 0.991. The summed E-state index contributed by atoms with van der Waals surface area (Å²) in [4.78, 5) is 14.8. The average Bonchev–Trinajstić information content (AvgIpc) is 3.61. The molecule has 0 atom stereocenters. The van der Waals surface area contributed by atoms with Gasteiger partial charge in [-0.25, -0.2) is 8.42 Å². The third-order valence-electron chi connectivity index (χ3n) is 5.28. The number of fused-ring (bicyclic) bond motifs is 1. The lowest BCUT2D eigenvalue weighted by Gasteiger charge is -2.23. The molecule has 1 saturated carbocycles. The fourth-order valence-electron chi connectivity index (χ4n) is 3.44. The molecule has 1 heterocycles. The minimum atomic E-state index is -3.61. The second-order valence-electron chi connectivity index (χ2n) is 7.48. The van der Waals surface area contributed by atoms with Gasteiger partial charge >= 0.3 is 0 Å². The maximum absolute atomic E-state index is 12.9. The van der Waals surface area contributed by atoms with Crippen LogP contribution in [0.5, 0.6) is 17.2 Å². The van der Waals surface area contributed by atoms with E-state index in [9.17, 15) is 13.2 Å².